The lowest BCUT2D eigenvalue weighted by atomic mass is 9.95. The fourth-order valence-electron chi connectivity index (χ4n) is 7.48. The van der Waals surface area contributed by atoms with Gasteiger partial charge in [-0.15, -0.1) is 0 Å². The van der Waals surface area contributed by atoms with Crippen molar-refractivity contribution in [3.05, 3.63) is 86.1 Å². The van der Waals surface area contributed by atoms with Gasteiger partial charge >= 0.3 is 0 Å². The number of carbonyl (C=O) groups excluding carboxylic acids is 2. The monoisotopic (exact) mass is 724 g/mol. The third-order valence-electron chi connectivity index (χ3n) is 9.97. The molecule has 2 aliphatic rings. The molecule has 1 unspecified atom stereocenters. The Kier molecular flexibility index (Phi) is 11.3. The van der Waals surface area contributed by atoms with E-state index in [0.717, 1.165) is 11.1 Å². The first-order valence-electron chi connectivity index (χ1n) is 18.0. The lowest BCUT2D eigenvalue weighted by Gasteiger charge is -2.36. The number of hydrogen-bond donors (Lipinski definition) is 3. The fraction of sp³-hybridized carbons (Fsp3) is 0.425. The summed E-state index contributed by atoms with van der Waals surface area (Å²) in [5, 5.41) is 6.92. The maximum Gasteiger partial charge on any atom is 0.258 e. The topological polar surface area (TPSA) is 155 Å². The van der Waals surface area contributed by atoms with Crippen molar-refractivity contribution in [3.63, 3.8) is 0 Å². The van der Waals surface area contributed by atoms with Gasteiger partial charge in [-0.05, 0) is 72.2 Å². The number of carbonyl (C=O) groups is 2. The summed E-state index contributed by atoms with van der Waals surface area (Å²) in [5.74, 6) is 1.87. The Balaban J connectivity index is 1.27. The van der Waals surface area contributed by atoms with Crippen molar-refractivity contribution in [2.24, 2.45) is 5.92 Å². The molecule has 3 N–H and O–H groups in total. The molecule has 2 heterocycles. The van der Waals surface area contributed by atoms with Crippen LogP contribution in [0, 0.1) is 5.92 Å². The molecule has 2 amide bonds. The molecule has 3 aromatic carbocycles. The molecular weight excluding hydrogens is 676 g/mol. The number of H-pyrrole nitrogens is 1. The van der Waals surface area contributed by atoms with Crippen LogP contribution in [0.3, 0.4) is 0 Å². The zero-order chi connectivity index (χ0) is 37.8. The second-order valence-electron chi connectivity index (χ2n) is 14.1. The zero-order valence-electron chi connectivity index (χ0n) is 31.2. The van der Waals surface area contributed by atoms with Gasteiger partial charge in [0.1, 0.15) is 11.9 Å². The van der Waals surface area contributed by atoms with Gasteiger partial charge in [-0.3, -0.25) is 24.1 Å². The quantitative estimate of drug-likeness (QED) is 0.204. The maximum absolute atomic E-state index is 14.1. The lowest BCUT2D eigenvalue weighted by molar-refractivity contribution is -0.134. The average molecular weight is 725 g/mol. The standard InChI is InChI=1S/C40H48N6O7/c1-23(2)19-32(40(50)46-17-15-45(16-18-46)22-35-43-29-10-8-7-9-27(29)39(49)44-35)42-31-14-12-26-28(21-33(31)48)30(41-24(3)47)13-11-25-20-34(51-4)37(52-5)38(53-6)36(25)26/h7-10,12,14,20-21,23,30,32H,11,13,15-19,22H2,1-6H3,(H,41,47)(H,42,48)(H,43,44,49)/t30-,32?/m0/s1. The number of methoxy groups -OCH3 is 3. The molecule has 0 bridgehead atoms. The molecule has 0 spiro atoms. The number of rotatable bonds is 11. The highest BCUT2D eigenvalue weighted by atomic mass is 16.5. The zero-order valence-corrected chi connectivity index (χ0v) is 31.2. The number of nitrogens with one attached hydrogen (secondary N) is 3. The Morgan fingerprint density at radius 2 is 1.70 bits per heavy atom. The number of ether oxygens (including phenoxy) is 3. The molecular formula is C40H48N6O7. The minimum absolute atomic E-state index is 0.0805. The van der Waals surface area contributed by atoms with Crippen LogP contribution in [0.2, 0.25) is 0 Å². The maximum atomic E-state index is 14.1. The molecule has 0 saturated carbocycles. The van der Waals surface area contributed by atoms with Crippen LogP contribution in [-0.2, 0) is 22.6 Å². The Labute approximate surface area is 308 Å². The van der Waals surface area contributed by atoms with Crippen LogP contribution in [0.4, 0.5) is 5.69 Å². The van der Waals surface area contributed by atoms with E-state index in [1.165, 1.54) is 6.92 Å². The van der Waals surface area contributed by atoms with E-state index < -0.39 is 12.1 Å². The van der Waals surface area contributed by atoms with Gasteiger partial charge in [0.25, 0.3) is 5.56 Å². The number of piperazine rings is 1. The van der Waals surface area contributed by atoms with E-state index >= 15 is 0 Å². The van der Waals surface area contributed by atoms with Crippen LogP contribution in [-0.4, -0.2) is 85.1 Å². The summed E-state index contributed by atoms with van der Waals surface area (Å²) in [6.45, 7) is 8.22. The van der Waals surface area contributed by atoms with Crippen molar-refractivity contribution >= 4 is 28.4 Å². The molecule has 1 fully saturated rings. The molecule has 1 aliphatic heterocycles. The van der Waals surface area contributed by atoms with Gasteiger partial charge in [-0.2, -0.15) is 0 Å². The summed E-state index contributed by atoms with van der Waals surface area (Å²) in [4.78, 5) is 64.7. The number of hydrogen-bond acceptors (Lipinski definition) is 10. The van der Waals surface area contributed by atoms with E-state index in [1.54, 1.807) is 39.5 Å². The largest absolute Gasteiger partial charge is 0.493 e. The Bertz CT molecular complexity index is 2130. The molecule has 13 nitrogen and oxygen atoms in total. The summed E-state index contributed by atoms with van der Waals surface area (Å²) < 4.78 is 17.3. The van der Waals surface area contributed by atoms with Crippen molar-refractivity contribution < 1.29 is 23.8 Å². The first-order chi connectivity index (χ1) is 25.5. The van der Waals surface area contributed by atoms with E-state index in [9.17, 15) is 19.2 Å². The minimum atomic E-state index is -0.646. The Hall–Kier alpha value is -5.43. The second-order valence-corrected chi connectivity index (χ2v) is 14.1. The van der Waals surface area contributed by atoms with Gasteiger partial charge in [-0.25, -0.2) is 4.98 Å². The van der Waals surface area contributed by atoms with Crippen molar-refractivity contribution in [1.82, 2.24) is 25.1 Å². The third-order valence-corrected chi connectivity index (χ3v) is 9.97. The summed E-state index contributed by atoms with van der Waals surface area (Å²) in [7, 11) is 4.67. The number of para-hydroxylation sites is 1. The van der Waals surface area contributed by atoms with Crippen molar-refractivity contribution in [2.75, 3.05) is 52.8 Å². The first kappa shape index (κ1) is 37.3. The van der Waals surface area contributed by atoms with Crippen molar-refractivity contribution in [2.45, 2.75) is 58.7 Å². The fourth-order valence-corrected chi connectivity index (χ4v) is 7.48. The Morgan fingerprint density at radius 1 is 0.962 bits per heavy atom. The van der Waals surface area contributed by atoms with Crippen molar-refractivity contribution in [1.29, 1.82) is 0 Å². The number of anilines is 1. The van der Waals surface area contributed by atoms with E-state index in [4.69, 9.17) is 14.2 Å². The van der Waals surface area contributed by atoms with E-state index in [-0.39, 0.29) is 34.4 Å². The van der Waals surface area contributed by atoms with Crippen LogP contribution in [0.25, 0.3) is 22.0 Å². The number of aromatic amines is 1. The van der Waals surface area contributed by atoms with E-state index in [2.05, 4.69) is 25.5 Å². The molecule has 1 aliphatic carbocycles. The molecule has 13 heteroatoms. The average Bonchev–Trinajstić information content (AvgIpc) is 3.38. The van der Waals surface area contributed by atoms with Crippen LogP contribution in [0.15, 0.2) is 58.1 Å². The molecule has 0 radical (unpaired) electrons. The van der Waals surface area contributed by atoms with Crippen LogP contribution >= 0.6 is 0 Å². The van der Waals surface area contributed by atoms with Crippen LogP contribution < -0.4 is 35.8 Å². The van der Waals surface area contributed by atoms with E-state index in [1.807, 2.05) is 49.1 Å². The first-order valence-corrected chi connectivity index (χ1v) is 18.0. The normalized spacial score (nSPS) is 16.3. The van der Waals surface area contributed by atoms with Crippen LogP contribution in [0.1, 0.15) is 56.6 Å². The number of aryl methyl sites for hydroxylation is 1. The van der Waals surface area contributed by atoms with Gasteiger partial charge in [0.15, 0.2) is 11.5 Å². The molecule has 4 aromatic rings. The number of benzene rings is 2. The highest BCUT2D eigenvalue weighted by molar-refractivity contribution is 5.86. The summed E-state index contributed by atoms with van der Waals surface area (Å²) in [6, 6.07) is 13.2. The number of fused-ring (bicyclic) bond motifs is 4. The predicted octanol–water partition coefficient (Wildman–Crippen LogP) is 4.27. The smallest absolute Gasteiger partial charge is 0.258 e. The van der Waals surface area contributed by atoms with Gasteiger partial charge in [0.05, 0.1) is 50.5 Å². The SMILES string of the molecule is COc1cc2c(c(OC)c1OC)-c1ccc(NC(CC(C)C)C(=O)N3CCN(Cc4nc5ccccc5c(=O)[nH]4)CC3)c(=O)cc1[C@@H](NC(C)=O)CC2. The van der Waals surface area contributed by atoms with Gasteiger partial charge < -0.3 is 34.7 Å². The molecule has 280 valence electrons. The number of nitrogens with zero attached hydrogens (tertiary/aromatic N) is 3. The highest BCUT2D eigenvalue weighted by Crippen LogP contribution is 2.50. The molecule has 53 heavy (non-hydrogen) atoms. The minimum Gasteiger partial charge on any atom is -0.493 e. The van der Waals surface area contributed by atoms with Gasteiger partial charge in [0, 0.05) is 38.7 Å². The second kappa shape index (κ2) is 16.1. The summed E-state index contributed by atoms with van der Waals surface area (Å²) in [5.41, 5.74) is 3.51. The predicted molar refractivity (Wildman–Crippen MR) is 204 cm³/mol. The molecule has 2 atom stereocenters. The van der Waals surface area contributed by atoms with Gasteiger partial charge in [0.2, 0.25) is 23.0 Å². The number of aromatic nitrogens is 2. The number of amides is 2. The summed E-state index contributed by atoms with van der Waals surface area (Å²) >= 11 is 0. The third kappa shape index (κ3) is 7.99. The van der Waals surface area contributed by atoms with Crippen LogP contribution in [0.5, 0.6) is 17.2 Å². The Morgan fingerprint density at radius 3 is 2.38 bits per heavy atom. The van der Waals surface area contributed by atoms with Gasteiger partial charge in [-0.1, -0.05) is 32.0 Å². The molecule has 1 aromatic heterocycles. The highest BCUT2D eigenvalue weighted by Gasteiger charge is 2.31. The van der Waals surface area contributed by atoms with E-state index in [0.29, 0.717) is 97.1 Å². The molecule has 6 rings (SSSR count). The van der Waals surface area contributed by atoms with Crippen molar-refractivity contribution in [3.8, 4) is 28.4 Å². The lowest BCUT2D eigenvalue weighted by Crippen LogP contribution is -2.53. The molecule has 1 saturated heterocycles. The summed E-state index contributed by atoms with van der Waals surface area (Å²) in [6.07, 6.45) is 1.64.